The van der Waals surface area contributed by atoms with Crippen molar-refractivity contribution in [3.05, 3.63) is 21.6 Å². The van der Waals surface area contributed by atoms with Crippen molar-refractivity contribution in [1.82, 2.24) is 4.90 Å². The predicted octanol–water partition coefficient (Wildman–Crippen LogP) is 3.65. The normalized spacial score (nSPS) is 22.5. The number of furan rings is 1. The van der Waals surface area contributed by atoms with Gasteiger partial charge in [-0.1, -0.05) is 12.8 Å². The molecule has 2 aliphatic rings. The van der Waals surface area contributed by atoms with E-state index in [0.29, 0.717) is 5.92 Å². The maximum atomic E-state index is 6.02. The van der Waals surface area contributed by atoms with Crippen LogP contribution in [0.25, 0.3) is 0 Å². The van der Waals surface area contributed by atoms with Crippen LogP contribution in [-0.4, -0.2) is 11.9 Å². The number of halogens is 1. The molecule has 0 aromatic carbocycles. The van der Waals surface area contributed by atoms with Crippen LogP contribution in [0.1, 0.15) is 48.7 Å². The Labute approximate surface area is 98.8 Å². The summed E-state index contributed by atoms with van der Waals surface area (Å²) >= 11 is 3.72. The molecule has 0 N–H and O–H groups in total. The standard InChI is InChI=1S/C12H16BrNO/c1-14-6-9-10(7-14)15-12(11(9)13)8-4-2-3-5-8/h8H,2-7H2,1H3. The summed E-state index contributed by atoms with van der Waals surface area (Å²) in [6.07, 6.45) is 5.34. The summed E-state index contributed by atoms with van der Waals surface area (Å²) in [7, 11) is 2.14. The Hall–Kier alpha value is -0.280. The molecule has 0 saturated heterocycles. The maximum Gasteiger partial charge on any atom is 0.123 e. The zero-order valence-corrected chi connectivity index (χ0v) is 10.6. The lowest BCUT2D eigenvalue weighted by Gasteiger charge is -2.09. The van der Waals surface area contributed by atoms with Crippen LogP contribution >= 0.6 is 15.9 Å². The summed E-state index contributed by atoms with van der Waals surface area (Å²) in [6, 6.07) is 0. The Balaban J connectivity index is 1.94. The maximum absolute atomic E-state index is 6.02. The summed E-state index contributed by atoms with van der Waals surface area (Å²) in [5.41, 5.74) is 1.39. The fourth-order valence-electron chi connectivity index (χ4n) is 2.82. The van der Waals surface area contributed by atoms with E-state index in [-0.39, 0.29) is 0 Å². The lowest BCUT2D eigenvalue weighted by molar-refractivity contribution is 0.316. The van der Waals surface area contributed by atoms with Crippen LogP contribution in [0.3, 0.4) is 0 Å². The zero-order chi connectivity index (χ0) is 10.4. The molecule has 0 amide bonds. The highest BCUT2D eigenvalue weighted by atomic mass is 79.9. The first kappa shape index (κ1) is 9.91. The average Bonchev–Trinajstić information content (AvgIpc) is 2.84. The highest BCUT2D eigenvalue weighted by Crippen LogP contribution is 2.43. The molecule has 2 heterocycles. The average molecular weight is 270 g/mol. The van der Waals surface area contributed by atoms with E-state index in [2.05, 4.69) is 27.9 Å². The summed E-state index contributed by atoms with van der Waals surface area (Å²) in [6.45, 7) is 2.01. The largest absolute Gasteiger partial charge is 0.463 e. The van der Waals surface area contributed by atoms with Crippen LogP contribution < -0.4 is 0 Å². The van der Waals surface area contributed by atoms with Gasteiger partial charge in [0.05, 0.1) is 11.0 Å². The third-order valence-corrected chi connectivity index (χ3v) is 4.49. The van der Waals surface area contributed by atoms with E-state index in [1.165, 1.54) is 47.2 Å². The molecule has 1 saturated carbocycles. The van der Waals surface area contributed by atoms with Crippen LogP contribution in [0.15, 0.2) is 8.89 Å². The van der Waals surface area contributed by atoms with Gasteiger partial charge in [0.25, 0.3) is 0 Å². The van der Waals surface area contributed by atoms with Crippen molar-refractivity contribution in [3.8, 4) is 0 Å². The van der Waals surface area contributed by atoms with Gasteiger partial charge in [0.15, 0.2) is 0 Å². The van der Waals surface area contributed by atoms with Crippen molar-refractivity contribution < 1.29 is 4.42 Å². The van der Waals surface area contributed by atoms with Gasteiger partial charge < -0.3 is 4.42 Å². The number of hydrogen-bond acceptors (Lipinski definition) is 2. The molecule has 1 aliphatic heterocycles. The van der Waals surface area contributed by atoms with Gasteiger partial charge in [-0.25, -0.2) is 0 Å². The molecular formula is C12H16BrNO. The second-order valence-electron chi connectivity index (χ2n) is 4.84. The molecule has 3 rings (SSSR count). The molecule has 15 heavy (non-hydrogen) atoms. The number of nitrogens with zero attached hydrogens (tertiary/aromatic N) is 1. The molecule has 2 nitrogen and oxygen atoms in total. The number of rotatable bonds is 1. The van der Waals surface area contributed by atoms with Gasteiger partial charge in [0.2, 0.25) is 0 Å². The number of hydrogen-bond donors (Lipinski definition) is 0. The highest BCUT2D eigenvalue weighted by Gasteiger charge is 2.30. The van der Waals surface area contributed by atoms with E-state index in [4.69, 9.17) is 4.42 Å². The first-order valence-corrected chi connectivity index (χ1v) is 6.53. The van der Waals surface area contributed by atoms with Crippen LogP contribution in [0.5, 0.6) is 0 Å². The Morgan fingerprint density at radius 3 is 2.67 bits per heavy atom. The Kier molecular flexibility index (Phi) is 2.40. The molecule has 1 aromatic heterocycles. The van der Waals surface area contributed by atoms with Crippen molar-refractivity contribution in [1.29, 1.82) is 0 Å². The molecule has 1 aliphatic carbocycles. The topological polar surface area (TPSA) is 16.4 Å². The molecule has 0 bridgehead atoms. The Morgan fingerprint density at radius 1 is 1.27 bits per heavy atom. The quantitative estimate of drug-likeness (QED) is 0.774. The van der Waals surface area contributed by atoms with E-state index in [9.17, 15) is 0 Å². The molecule has 0 radical (unpaired) electrons. The molecule has 0 atom stereocenters. The fraction of sp³-hybridized carbons (Fsp3) is 0.667. The summed E-state index contributed by atoms with van der Waals surface area (Å²) in [5, 5.41) is 0. The molecule has 0 spiro atoms. The van der Waals surface area contributed by atoms with Crippen molar-refractivity contribution in [2.24, 2.45) is 0 Å². The van der Waals surface area contributed by atoms with Crippen molar-refractivity contribution in [2.75, 3.05) is 7.05 Å². The van der Waals surface area contributed by atoms with Crippen molar-refractivity contribution >= 4 is 15.9 Å². The SMILES string of the molecule is CN1Cc2oc(C3CCCC3)c(Br)c2C1. The summed E-state index contributed by atoms with van der Waals surface area (Å²) in [4.78, 5) is 2.29. The Morgan fingerprint density at radius 2 is 2.00 bits per heavy atom. The monoisotopic (exact) mass is 269 g/mol. The Bertz CT molecular complexity index is 379. The van der Waals surface area contributed by atoms with E-state index in [1.54, 1.807) is 0 Å². The van der Waals surface area contributed by atoms with Gasteiger partial charge in [0.1, 0.15) is 11.5 Å². The van der Waals surface area contributed by atoms with Crippen molar-refractivity contribution in [3.63, 3.8) is 0 Å². The van der Waals surface area contributed by atoms with E-state index in [0.717, 1.165) is 13.1 Å². The molecule has 1 fully saturated rings. The van der Waals surface area contributed by atoms with Crippen LogP contribution in [-0.2, 0) is 13.1 Å². The third kappa shape index (κ3) is 1.56. The van der Waals surface area contributed by atoms with E-state index >= 15 is 0 Å². The molecular weight excluding hydrogens is 254 g/mol. The predicted molar refractivity (Wildman–Crippen MR) is 62.8 cm³/mol. The van der Waals surface area contributed by atoms with Crippen LogP contribution in [0.4, 0.5) is 0 Å². The number of fused-ring (bicyclic) bond motifs is 1. The molecule has 3 heteroatoms. The van der Waals surface area contributed by atoms with Gasteiger partial charge in [-0.15, -0.1) is 0 Å². The first-order chi connectivity index (χ1) is 7.25. The van der Waals surface area contributed by atoms with E-state index < -0.39 is 0 Å². The third-order valence-electron chi connectivity index (χ3n) is 3.62. The van der Waals surface area contributed by atoms with Gasteiger partial charge in [-0.2, -0.15) is 0 Å². The molecule has 82 valence electrons. The van der Waals surface area contributed by atoms with Gasteiger partial charge in [-0.05, 0) is 35.8 Å². The molecule has 1 aromatic rings. The minimum Gasteiger partial charge on any atom is -0.463 e. The van der Waals surface area contributed by atoms with Gasteiger partial charge >= 0.3 is 0 Å². The first-order valence-electron chi connectivity index (χ1n) is 5.74. The minimum atomic E-state index is 0.676. The summed E-state index contributed by atoms with van der Waals surface area (Å²) < 4.78 is 7.28. The van der Waals surface area contributed by atoms with Gasteiger partial charge in [-0.3, -0.25) is 4.90 Å². The smallest absolute Gasteiger partial charge is 0.123 e. The zero-order valence-electron chi connectivity index (χ0n) is 9.05. The molecule has 0 unspecified atom stereocenters. The van der Waals surface area contributed by atoms with Crippen molar-refractivity contribution in [2.45, 2.75) is 44.7 Å². The second-order valence-corrected chi connectivity index (χ2v) is 5.63. The second kappa shape index (κ2) is 3.63. The van der Waals surface area contributed by atoms with Gasteiger partial charge in [0, 0.05) is 18.0 Å². The van der Waals surface area contributed by atoms with Crippen LogP contribution in [0, 0.1) is 0 Å². The fourth-order valence-corrected chi connectivity index (χ4v) is 3.57. The minimum absolute atomic E-state index is 0.676. The lowest BCUT2D eigenvalue weighted by Crippen LogP contribution is -2.08. The lowest BCUT2D eigenvalue weighted by atomic mass is 10.0. The van der Waals surface area contributed by atoms with Crippen LogP contribution in [0.2, 0.25) is 0 Å². The van der Waals surface area contributed by atoms with E-state index in [1.807, 2.05) is 0 Å². The summed E-state index contributed by atoms with van der Waals surface area (Å²) in [5.74, 6) is 3.09. The highest BCUT2D eigenvalue weighted by molar-refractivity contribution is 9.10.